The molecule has 3 amide bonds. The quantitative estimate of drug-likeness (QED) is 0.675. The average Bonchev–Trinajstić information content (AvgIpc) is 2.82. The van der Waals surface area contributed by atoms with Crippen LogP contribution in [-0.4, -0.2) is 49.1 Å². The van der Waals surface area contributed by atoms with Gasteiger partial charge in [0.1, 0.15) is 11.9 Å². The van der Waals surface area contributed by atoms with Crippen LogP contribution in [0.1, 0.15) is 31.7 Å². The zero-order valence-electron chi connectivity index (χ0n) is 18.4. The van der Waals surface area contributed by atoms with Gasteiger partial charge >= 0.3 is 6.03 Å². The van der Waals surface area contributed by atoms with Gasteiger partial charge in [0.2, 0.25) is 5.91 Å². The number of aryl methyl sites for hydroxylation is 1. The predicted molar refractivity (Wildman–Crippen MR) is 126 cm³/mol. The summed E-state index contributed by atoms with van der Waals surface area (Å²) in [6.07, 6.45) is 3.14. The fourth-order valence-electron chi connectivity index (χ4n) is 4.39. The van der Waals surface area contributed by atoms with E-state index >= 15 is 0 Å². The fraction of sp³-hybridized carbons (Fsp3) is 0.440. The Morgan fingerprint density at radius 1 is 1.12 bits per heavy atom. The van der Waals surface area contributed by atoms with Crippen LogP contribution in [0.4, 0.5) is 10.5 Å². The SMILES string of the molecule is C[C@H]1CN(C(=O)N2CCC(C(=O)NCCCc3ccccc3)CC2)c2cc(Cl)ccc2O1. The van der Waals surface area contributed by atoms with E-state index in [9.17, 15) is 9.59 Å². The molecule has 32 heavy (non-hydrogen) atoms. The number of likely N-dealkylation sites (tertiary alicyclic amines) is 1. The van der Waals surface area contributed by atoms with Gasteiger partial charge in [-0.2, -0.15) is 0 Å². The van der Waals surface area contributed by atoms with E-state index in [0.717, 1.165) is 12.8 Å². The highest BCUT2D eigenvalue weighted by Gasteiger charge is 2.34. The highest BCUT2D eigenvalue weighted by Crippen LogP contribution is 2.36. The van der Waals surface area contributed by atoms with Crippen molar-refractivity contribution >= 4 is 29.2 Å². The first-order chi connectivity index (χ1) is 15.5. The van der Waals surface area contributed by atoms with Gasteiger partial charge in [0, 0.05) is 30.6 Å². The molecular formula is C25H30ClN3O3. The lowest BCUT2D eigenvalue weighted by atomic mass is 9.96. The molecule has 1 N–H and O–H groups in total. The van der Waals surface area contributed by atoms with Crippen LogP contribution < -0.4 is 15.0 Å². The van der Waals surface area contributed by atoms with Crippen molar-refractivity contribution in [2.75, 3.05) is 31.1 Å². The standard InChI is InChI=1S/C25H30ClN3O3/c1-18-17-29(22-16-21(26)9-10-23(22)32-18)25(31)28-14-11-20(12-15-28)24(30)27-13-5-8-19-6-3-2-4-7-19/h2-4,6-7,9-10,16,18,20H,5,8,11-15,17H2,1H3,(H,27,30)/t18-/m0/s1. The molecule has 0 aliphatic carbocycles. The van der Waals surface area contributed by atoms with Gasteiger partial charge in [-0.3, -0.25) is 9.69 Å². The molecule has 0 radical (unpaired) electrons. The number of fused-ring (bicyclic) bond motifs is 1. The number of nitrogens with zero attached hydrogens (tertiary/aromatic N) is 2. The summed E-state index contributed by atoms with van der Waals surface area (Å²) in [4.78, 5) is 29.4. The Labute approximate surface area is 194 Å². The van der Waals surface area contributed by atoms with Gasteiger partial charge in [0.05, 0.1) is 12.2 Å². The predicted octanol–water partition coefficient (Wildman–Crippen LogP) is 4.51. The van der Waals surface area contributed by atoms with Crippen molar-refractivity contribution in [2.45, 2.75) is 38.7 Å². The number of urea groups is 1. The molecule has 4 rings (SSSR count). The van der Waals surface area contributed by atoms with E-state index in [1.807, 2.05) is 36.1 Å². The zero-order valence-corrected chi connectivity index (χ0v) is 19.2. The van der Waals surface area contributed by atoms with Gasteiger partial charge in [-0.05, 0) is 56.4 Å². The first-order valence-electron chi connectivity index (χ1n) is 11.4. The summed E-state index contributed by atoms with van der Waals surface area (Å²) >= 11 is 6.16. The van der Waals surface area contributed by atoms with Crippen LogP contribution in [0, 0.1) is 5.92 Å². The molecule has 2 aliphatic rings. The maximum atomic E-state index is 13.2. The third-order valence-corrected chi connectivity index (χ3v) is 6.37. The van der Waals surface area contributed by atoms with Gasteiger partial charge in [0.25, 0.3) is 0 Å². The third-order valence-electron chi connectivity index (χ3n) is 6.13. The largest absolute Gasteiger partial charge is 0.487 e. The number of anilines is 1. The summed E-state index contributed by atoms with van der Waals surface area (Å²) in [5.74, 6) is 0.731. The van der Waals surface area contributed by atoms with Crippen LogP contribution in [0.25, 0.3) is 0 Å². The van der Waals surface area contributed by atoms with Crippen LogP contribution in [-0.2, 0) is 11.2 Å². The van der Waals surface area contributed by atoms with Crippen molar-refractivity contribution < 1.29 is 14.3 Å². The Morgan fingerprint density at radius 2 is 1.88 bits per heavy atom. The number of halogens is 1. The molecule has 7 heteroatoms. The maximum absolute atomic E-state index is 13.2. The first-order valence-corrected chi connectivity index (χ1v) is 11.7. The topological polar surface area (TPSA) is 61.9 Å². The Bertz CT molecular complexity index is 945. The highest BCUT2D eigenvalue weighted by molar-refractivity contribution is 6.31. The Kier molecular flexibility index (Phi) is 7.20. The minimum absolute atomic E-state index is 0.0406. The second-order valence-corrected chi connectivity index (χ2v) is 9.01. The molecule has 1 atom stereocenters. The van der Waals surface area contributed by atoms with E-state index in [0.29, 0.717) is 55.5 Å². The van der Waals surface area contributed by atoms with Crippen LogP contribution in [0.2, 0.25) is 5.02 Å². The smallest absolute Gasteiger partial charge is 0.324 e. The van der Waals surface area contributed by atoms with Crippen molar-refractivity contribution in [2.24, 2.45) is 5.92 Å². The molecule has 0 bridgehead atoms. The Morgan fingerprint density at radius 3 is 2.62 bits per heavy atom. The number of amides is 3. The Hall–Kier alpha value is -2.73. The molecule has 0 aromatic heterocycles. The lowest BCUT2D eigenvalue weighted by Crippen LogP contribution is -2.52. The average molecular weight is 456 g/mol. The number of nitrogens with one attached hydrogen (secondary N) is 1. The summed E-state index contributed by atoms with van der Waals surface area (Å²) < 4.78 is 5.85. The van der Waals surface area contributed by atoms with Crippen LogP contribution in [0.15, 0.2) is 48.5 Å². The monoisotopic (exact) mass is 455 g/mol. The second-order valence-electron chi connectivity index (χ2n) is 8.58. The number of benzene rings is 2. The van der Waals surface area contributed by atoms with Crippen molar-refractivity contribution in [1.29, 1.82) is 0 Å². The lowest BCUT2D eigenvalue weighted by Gasteiger charge is -2.39. The van der Waals surface area contributed by atoms with Crippen LogP contribution >= 0.6 is 11.6 Å². The molecule has 2 aromatic rings. The summed E-state index contributed by atoms with van der Waals surface area (Å²) in [6.45, 7) is 4.25. The minimum Gasteiger partial charge on any atom is -0.487 e. The number of ether oxygens (including phenoxy) is 1. The highest BCUT2D eigenvalue weighted by atomic mass is 35.5. The van der Waals surface area contributed by atoms with E-state index in [-0.39, 0.29) is 24.0 Å². The zero-order chi connectivity index (χ0) is 22.5. The molecule has 170 valence electrons. The van der Waals surface area contributed by atoms with Gasteiger partial charge in [-0.25, -0.2) is 4.79 Å². The number of hydrogen-bond donors (Lipinski definition) is 1. The summed E-state index contributed by atoms with van der Waals surface area (Å²) in [6, 6.07) is 15.6. The fourth-order valence-corrected chi connectivity index (χ4v) is 4.55. The first kappa shape index (κ1) is 22.5. The number of piperidine rings is 1. The molecule has 0 saturated carbocycles. The molecular weight excluding hydrogens is 426 g/mol. The van der Waals surface area contributed by atoms with Crippen molar-refractivity contribution in [1.82, 2.24) is 10.2 Å². The normalized spacial score (nSPS) is 18.6. The molecule has 2 aromatic carbocycles. The summed E-state index contributed by atoms with van der Waals surface area (Å²) in [5.41, 5.74) is 1.99. The molecule has 1 saturated heterocycles. The Balaban J connectivity index is 1.26. The minimum atomic E-state index is -0.0909. The number of carbonyl (C=O) groups excluding carboxylic acids is 2. The second kappa shape index (κ2) is 10.3. The van der Waals surface area contributed by atoms with Crippen LogP contribution in [0.3, 0.4) is 0 Å². The van der Waals surface area contributed by atoms with Gasteiger partial charge < -0.3 is 15.0 Å². The summed E-state index contributed by atoms with van der Waals surface area (Å²) in [7, 11) is 0. The summed E-state index contributed by atoms with van der Waals surface area (Å²) in [5, 5.41) is 3.64. The lowest BCUT2D eigenvalue weighted by molar-refractivity contribution is -0.126. The molecule has 2 aliphatic heterocycles. The maximum Gasteiger partial charge on any atom is 0.324 e. The van der Waals surface area contributed by atoms with E-state index in [2.05, 4.69) is 17.4 Å². The molecule has 1 fully saturated rings. The third kappa shape index (κ3) is 5.36. The van der Waals surface area contributed by atoms with E-state index < -0.39 is 0 Å². The molecule has 0 spiro atoms. The van der Waals surface area contributed by atoms with Crippen molar-refractivity contribution in [3.05, 3.63) is 59.1 Å². The molecule has 0 unspecified atom stereocenters. The van der Waals surface area contributed by atoms with E-state index in [1.165, 1.54) is 5.56 Å². The van der Waals surface area contributed by atoms with Gasteiger partial charge in [0.15, 0.2) is 0 Å². The van der Waals surface area contributed by atoms with Gasteiger partial charge in [-0.1, -0.05) is 41.9 Å². The van der Waals surface area contributed by atoms with E-state index in [4.69, 9.17) is 16.3 Å². The van der Waals surface area contributed by atoms with Crippen molar-refractivity contribution in [3.63, 3.8) is 0 Å². The number of carbonyl (C=O) groups is 2. The van der Waals surface area contributed by atoms with Crippen LogP contribution in [0.5, 0.6) is 5.75 Å². The number of rotatable bonds is 5. The van der Waals surface area contributed by atoms with Crippen molar-refractivity contribution in [3.8, 4) is 5.75 Å². The van der Waals surface area contributed by atoms with Gasteiger partial charge in [-0.15, -0.1) is 0 Å². The molecule has 2 heterocycles. The van der Waals surface area contributed by atoms with E-state index in [1.54, 1.807) is 17.0 Å². The number of hydrogen-bond acceptors (Lipinski definition) is 3. The molecule has 6 nitrogen and oxygen atoms in total.